The molecule has 1 aromatic heterocycles. The highest BCUT2D eigenvalue weighted by atomic mass is 19.1. The van der Waals surface area contributed by atoms with Crippen LogP contribution in [0.3, 0.4) is 0 Å². The van der Waals surface area contributed by atoms with Crippen molar-refractivity contribution in [2.45, 2.75) is 24.7 Å². The van der Waals surface area contributed by atoms with Crippen LogP contribution in [-0.2, 0) is 16.1 Å². The molecule has 3 unspecified atom stereocenters. The summed E-state index contributed by atoms with van der Waals surface area (Å²) in [6.45, 7) is 0.959. The summed E-state index contributed by atoms with van der Waals surface area (Å²) >= 11 is 0. The molecule has 5 nitrogen and oxygen atoms in total. The minimum Gasteiger partial charge on any atom is -0.361 e. The fourth-order valence-electron chi connectivity index (χ4n) is 3.40. The lowest BCUT2D eigenvalue weighted by molar-refractivity contribution is 0.0229. The molecule has 4 heterocycles. The quantitative estimate of drug-likeness (QED) is 0.591. The van der Waals surface area contributed by atoms with Crippen LogP contribution in [0.25, 0.3) is 0 Å². The lowest BCUT2D eigenvalue weighted by atomic mass is 9.84. The van der Waals surface area contributed by atoms with Crippen molar-refractivity contribution in [3.63, 3.8) is 0 Å². The van der Waals surface area contributed by atoms with E-state index in [9.17, 15) is 9.18 Å². The number of likely N-dealkylation sites (tertiary alicyclic amines) is 1. The van der Waals surface area contributed by atoms with Gasteiger partial charge in [-0.25, -0.2) is 19.2 Å². The molecule has 3 atom stereocenters. The van der Waals surface area contributed by atoms with Crippen molar-refractivity contribution >= 4 is 5.94 Å². The van der Waals surface area contributed by atoms with Crippen molar-refractivity contribution in [3.8, 4) is 0 Å². The molecule has 0 aromatic carbocycles. The monoisotopic (exact) mass is 273 g/mol. The number of fused-ring (bicyclic) bond motifs is 1. The fourth-order valence-corrected chi connectivity index (χ4v) is 3.40. The number of ether oxygens (including phenoxy) is 1. The van der Waals surface area contributed by atoms with Gasteiger partial charge in [0, 0.05) is 5.92 Å². The third kappa shape index (κ3) is 1.55. The van der Waals surface area contributed by atoms with E-state index in [1.54, 1.807) is 0 Å². The number of hydrogen-bond donors (Lipinski definition) is 0. The van der Waals surface area contributed by atoms with E-state index in [-0.39, 0.29) is 12.0 Å². The predicted octanol–water partition coefficient (Wildman–Crippen LogP) is 0.860. The second-order valence-electron chi connectivity index (χ2n) is 5.42. The summed E-state index contributed by atoms with van der Waals surface area (Å²) in [7, 11) is 0. The minimum atomic E-state index is -0.471. The third-order valence-corrected chi connectivity index (χ3v) is 4.24. The molecular formula is C14H12FN3O2. The molecule has 2 bridgehead atoms. The molecule has 2 saturated heterocycles. The van der Waals surface area contributed by atoms with Crippen LogP contribution in [-0.4, -0.2) is 39.1 Å². The number of carbonyl (C=O) groups excluding carboxylic acids is 1. The number of hydrogen-bond acceptors (Lipinski definition) is 5. The Morgan fingerprint density at radius 2 is 2.30 bits per heavy atom. The average Bonchev–Trinajstić information content (AvgIpc) is 3.07. The summed E-state index contributed by atoms with van der Waals surface area (Å²) in [6.07, 6.45) is 7.30. The SMILES string of the molecule is O=C=C1C2CC3C=CC2(CN1Cc1ncc(F)cn1)O3. The summed E-state index contributed by atoms with van der Waals surface area (Å²) in [5.74, 6) is 2.12. The Balaban J connectivity index is 1.62. The van der Waals surface area contributed by atoms with Gasteiger partial charge in [0.1, 0.15) is 23.1 Å². The van der Waals surface area contributed by atoms with Crippen LogP contribution in [0.4, 0.5) is 4.39 Å². The number of nitrogens with zero attached hydrogens (tertiary/aromatic N) is 3. The summed E-state index contributed by atoms with van der Waals surface area (Å²) < 4.78 is 18.8. The van der Waals surface area contributed by atoms with Gasteiger partial charge in [-0.2, -0.15) is 0 Å². The first kappa shape index (κ1) is 11.8. The van der Waals surface area contributed by atoms with E-state index in [1.807, 2.05) is 10.8 Å². The zero-order chi connectivity index (χ0) is 13.7. The molecule has 0 saturated carbocycles. The minimum absolute atomic E-state index is 0.0652. The number of aromatic nitrogens is 2. The predicted molar refractivity (Wildman–Crippen MR) is 66.5 cm³/mol. The van der Waals surface area contributed by atoms with Gasteiger partial charge in [0.2, 0.25) is 0 Å². The van der Waals surface area contributed by atoms with Gasteiger partial charge in [-0.3, -0.25) is 0 Å². The van der Waals surface area contributed by atoms with Crippen LogP contribution in [0.1, 0.15) is 12.2 Å². The molecule has 3 aliphatic heterocycles. The highest BCUT2D eigenvalue weighted by Gasteiger charge is 2.58. The van der Waals surface area contributed by atoms with E-state index in [2.05, 4.69) is 22.1 Å². The molecule has 0 radical (unpaired) electrons. The Bertz CT molecular complexity index is 638. The van der Waals surface area contributed by atoms with Gasteiger partial charge in [-0.05, 0) is 6.42 Å². The first-order valence-electron chi connectivity index (χ1n) is 6.54. The van der Waals surface area contributed by atoms with Crippen molar-refractivity contribution in [2.75, 3.05) is 6.54 Å². The Hall–Kier alpha value is -2.04. The van der Waals surface area contributed by atoms with Gasteiger partial charge < -0.3 is 9.64 Å². The van der Waals surface area contributed by atoms with Crippen LogP contribution < -0.4 is 0 Å². The second-order valence-corrected chi connectivity index (χ2v) is 5.42. The van der Waals surface area contributed by atoms with E-state index < -0.39 is 11.4 Å². The van der Waals surface area contributed by atoms with E-state index in [1.165, 1.54) is 0 Å². The normalized spacial score (nSPS) is 33.6. The van der Waals surface area contributed by atoms with E-state index in [0.29, 0.717) is 24.6 Å². The second kappa shape index (κ2) is 3.98. The zero-order valence-corrected chi connectivity index (χ0v) is 10.6. The Kier molecular flexibility index (Phi) is 2.34. The number of rotatable bonds is 2. The summed E-state index contributed by atoms with van der Waals surface area (Å²) in [6, 6.07) is 0. The van der Waals surface area contributed by atoms with Gasteiger partial charge in [0.15, 0.2) is 5.82 Å². The van der Waals surface area contributed by atoms with Crippen LogP contribution in [0.15, 0.2) is 30.2 Å². The molecule has 1 aromatic rings. The molecule has 102 valence electrons. The fraction of sp³-hybridized carbons (Fsp3) is 0.429. The largest absolute Gasteiger partial charge is 0.361 e. The van der Waals surface area contributed by atoms with Gasteiger partial charge >= 0.3 is 0 Å². The lowest BCUT2D eigenvalue weighted by Gasteiger charge is -2.21. The maximum atomic E-state index is 12.8. The highest BCUT2D eigenvalue weighted by Crippen LogP contribution is 2.51. The summed E-state index contributed by atoms with van der Waals surface area (Å²) in [5.41, 5.74) is 0.224. The van der Waals surface area contributed by atoms with E-state index in [0.717, 1.165) is 18.8 Å². The zero-order valence-electron chi connectivity index (χ0n) is 10.6. The van der Waals surface area contributed by atoms with Gasteiger partial charge in [0.25, 0.3) is 0 Å². The Morgan fingerprint density at radius 1 is 1.50 bits per heavy atom. The molecule has 4 rings (SSSR count). The van der Waals surface area contributed by atoms with Crippen LogP contribution in [0.5, 0.6) is 0 Å². The van der Waals surface area contributed by atoms with Crippen molar-refractivity contribution in [1.29, 1.82) is 0 Å². The van der Waals surface area contributed by atoms with Crippen LogP contribution in [0, 0.1) is 11.7 Å². The average molecular weight is 273 g/mol. The van der Waals surface area contributed by atoms with Crippen molar-refractivity contribution < 1.29 is 13.9 Å². The molecule has 1 spiro atoms. The Labute approximate surface area is 114 Å². The number of halogens is 1. The first-order chi connectivity index (χ1) is 9.70. The lowest BCUT2D eigenvalue weighted by Crippen LogP contribution is -2.33. The van der Waals surface area contributed by atoms with Crippen molar-refractivity contribution in [2.24, 2.45) is 5.92 Å². The van der Waals surface area contributed by atoms with Gasteiger partial charge in [-0.15, -0.1) is 0 Å². The molecule has 2 fully saturated rings. The maximum Gasteiger partial charge on any atom is 0.159 e. The standard InChI is InChI=1S/C14H12FN3O2/c15-9-4-16-13(17-5-9)6-18-8-14-2-1-10(20-14)3-11(14)12(18)7-19/h1-2,4-5,10-11H,3,6,8H2. The van der Waals surface area contributed by atoms with Crippen LogP contribution in [0.2, 0.25) is 0 Å². The molecule has 0 aliphatic carbocycles. The summed E-state index contributed by atoms with van der Waals surface area (Å²) in [5, 5.41) is 0. The van der Waals surface area contributed by atoms with E-state index >= 15 is 0 Å². The van der Waals surface area contributed by atoms with Crippen molar-refractivity contribution in [1.82, 2.24) is 14.9 Å². The Morgan fingerprint density at radius 3 is 3.00 bits per heavy atom. The van der Waals surface area contributed by atoms with Gasteiger partial charge in [-0.1, -0.05) is 12.2 Å². The smallest absolute Gasteiger partial charge is 0.159 e. The molecule has 20 heavy (non-hydrogen) atoms. The topological polar surface area (TPSA) is 55.3 Å². The summed E-state index contributed by atoms with van der Waals surface area (Å²) in [4.78, 5) is 21.0. The molecule has 0 N–H and O–H groups in total. The van der Waals surface area contributed by atoms with Crippen molar-refractivity contribution in [3.05, 3.63) is 41.9 Å². The maximum absolute atomic E-state index is 12.8. The van der Waals surface area contributed by atoms with Crippen LogP contribution >= 0.6 is 0 Å². The molecule has 0 amide bonds. The highest BCUT2D eigenvalue weighted by molar-refractivity contribution is 5.57. The first-order valence-corrected chi connectivity index (χ1v) is 6.54. The van der Waals surface area contributed by atoms with Gasteiger partial charge in [0.05, 0.1) is 31.6 Å². The third-order valence-electron chi connectivity index (χ3n) is 4.24. The van der Waals surface area contributed by atoms with E-state index in [4.69, 9.17) is 4.74 Å². The molecule has 3 aliphatic rings. The molecule has 6 heteroatoms. The molecular weight excluding hydrogens is 261 g/mol.